The largest absolute Gasteiger partial charge is 0.481 e. The summed E-state index contributed by atoms with van der Waals surface area (Å²) in [6, 6.07) is 11.7. The van der Waals surface area contributed by atoms with Crippen LogP contribution < -0.4 is 15.3 Å². The summed E-state index contributed by atoms with van der Waals surface area (Å²) in [7, 11) is -4.48. The van der Waals surface area contributed by atoms with Crippen molar-refractivity contribution in [3.05, 3.63) is 54.5 Å². The van der Waals surface area contributed by atoms with Gasteiger partial charge in [-0.05, 0) is 37.1 Å². The summed E-state index contributed by atoms with van der Waals surface area (Å²) in [5, 5.41) is 37.7. The minimum absolute atomic E-state index is 0.0103. The molecule has 1 fully saturated rings. The maximum absolute atomic E-state index is 14.2. The number of hydrogen-bond donors (Lipinski definition) is 4. The summed E-state index contributed by atoms with van der Waals surface area (Å²) in [5.74, 6) is -3.26. The van der Waals surface area contributed by atoms with Gasteiger partial charge in [0, 0.05) is 0 Å². The molecule has 4 rings (SSSR count). The van der Waals surface area contributed by atoms with Crippen LogP contribution in [0.25, 0.3) is 5.52 Å². The lowest BCUT2D eigenvalue weighted by molar-refractivity contribution is -0.153. The highest BCUT2D eigenvalue weighted by Gasteiger charge is 2.60. The van der Waals surface area contributed by atoms with E-state index in [1.807, 2.05) is 19.9 Å². The molecule has 0 radical (unpaired) electrons. The Bertz CT molecular complexity index is 1740. The molecule has 17 nitrogen and oxygen atoms in total. The minimum atomic E-state index is -4.48. The number of fused-ring (bicyclic) bond motifs is 1. The number of nitrogens with zero attached hydrogens (tertiary/aromatic N) is 4. The number of nitrogens with one attached hydrogen (secondary N) is 1. The second-order valence-electron chi connectivity index (χ2n) is 11.3. The lowest BCUT2D eigenvalue weighted by Gasteiger charge is -2.26. The number of nitrogen functional groups attached to an aromatic ring is 1. The first-order chi connectivity index (χ1) is 23.9. The molecule has 270 valence electrons. The molecule has 5 N–H and O–H groups in total. The molecule has 50 heavy (non-hydrogen) atoms. The van der Waals surface area contributed by atoms with E-state index in [-0.39, 0.29) is 29.8 Å². The smallest absolute Gasteiger partial charge is 0.459 e. The van der Waals surface area contributed by atoms with Gasteiger partial charge in [-0.3, -0.25) is 18.9 Å². The van der Waals surface area contributed by atoms with Crippen molar-refractivity contribution in [1.29, 1.82) is 5.26 Å². The van der Waals surface area contributed by atoms with E-state index in [1.165, 1.54) is 35.7 Å². The minimum Gasteiger partial charge on any atom is -0.481 e. The SMILES string of the molecule is CCC(CC)COC(=O)[C@H](C)N[P@](=O)(OC[C@H]1O[C@@](C#N)(c2ccc3c(N)ncnn23)[C@H](O)[C@@H]1OC(=O)CSCC(=O)O)Oc1ccccc1. The molecule has 1 saturated heterocycles. The second kappa shape index (κ2) is 17.1. The number of carbonyl (C=O) groups is 3. The fraction of sp³-hybridized carbons (Fsp3) is 0.484. The van der Waals surface area contributed by atoms with Crippen LogP contribution >= 0.6 is 19.5 Å². The van der Waals surface area contributed by atoms with Crippen LogP contribution in [-0.2, 0) is 43.3 Å². The normalized spacial score (nSPS) is 22.0. The van der Waals surface area contributed by atoms with E-state index in [1.54, 1.807) is 18.2 Å². The van der Waals surface area contributed by atoms with Crippen molar-refractivity contribution in [3.63, 3.8) is 0 Å². The average Bonchev–Trinajstić information content (AvgIpc) is 3.64. The van der Waals surface area contributed by atoms with Crippen molar-refractivity contribution in [1.82, 2.24) is 19.7 Å². The number of carboxylic acid groups (broad SMARTS) is 1. The Hall–Kier alpha value is -4.24. The molecule has 3 aromatic rings. The van der Waals surface area contributed by atoms with Crippen molar-refractivity contribution in [3.8, 4) is 11.8 Å². The van der Waals surface area contributed by atoms with Gasteiger partial charge in [0.1, 0.15) is 41.9 Å². The number of anilines is 1. The Kier molecular flexibility index (Phi) is 13.2. The zero-order valence-corrected chi connectivity index (χ0v) is 29.2. The van der Waals surface area contributed by atoms with Crippen LogP contribution in [0.5, 0.6) is 5.75 Å². The number of para-hydroxylation sites is 1. The van der Waals surface area contributed by atoms with Gasteiger partial charge in [0.2, 0.25) is 5.60 Å². The van der Waals surface area contributed by atoms with Crippen LogP contribution in [0.1, 0.15) is 39.3 Å². The van der Waals surface area contributed by atoms with Gasteiger partial charge in [-0.2, -0.15) is 15.4 Å². The van der Waals surface area contributed by atoms with Crippen molar-refractivity contribution in [2.24, 2.45) is 5.92 Å². The third-order valence-corrected chi connectivity index (χ3v) is 10.4. The van der Waals surface area contributed by atoms with Gasteiger partial charge < -0.3 is 34.7 Å². The van der Waals surface area contributed by atoms with E-state index in [4.69, 9.17) is 34.1 Å². The zero-order chi connectivity index (χ0) is 36.5. The first-order valence-electron chi connectivity index (χ1n) is 15.6. The maximum Gasteiger partial charge on any atom is 0.459 e. The number of aliphatic hydroxyl groups excluding tert-OH is 1. The molecule has 1 aromatic carbocycles. The molecule has 0 amide bonds. The predicted octanol–water partition coefficient (Wildman–Crippen LogP) is 2.68. The summed E-state index contributed by atoms with van der Waals surface area (Å²) in [6.45, 7) is 4.83. The summed E-state index contributed by atoms with van der Waals surface area (Å²) in [6.07, 6.45) is -2.21. The fourth-order valence-electron chi connectivity index (χ4n) is 5.10. The number of aromatic nitrogens is 3. The number of esters is 2. The Morgan fingerprint density at radius 2 is 1.92 bits per heavy atom. The number of carbonyl (C=O) groups excluding carboxylic acids is 2. The summed E-state index contributed by atoms with van der Waals surface area (Å²) in [5.41, 5.74) is 4.04. The summed E-state index contributed by atoms with van der Waals surface area (Å²) >= 11 is 0.753. The number of aliphatic carboxylic acids is 1. The summed E-state index contributed by atoms with van der Waals surface area (Å²) < 4.78 is 44.1. The highest BCUT2D eigenvalue weighted by Crippen LogP contribution is 2.48. The van der Waals surface area contributed by atoms with E-state index in [2.05, 4.69) is 15.2 Å². The van der Waals surface area contributed by atoms with Gasteiger partial charge in [0.25, 0.3) is 0 Å². The standard InChI is InChI=1S/C31H39N6O11PS/c1-4-20(5-2)13-44-30(42)19(3)36-49(43,48-21-9-7-6-8-10-21)45-14-23-27(46-26(40)16-50-15-25(38)39)28(41)31(17-32,47-23)24-12-11-22-29(33)34-18-35-37(22)24/h6-12,18-20,23,27-28,41H,4-5,13-16H2,1-3H3,(H,36,43)(H,38,39)(H2,33,34,35)/t19-,23+,27+,28+,31-,49-/m0/s1. The Morgan fingerprint density at radius 1 is 1.20 bits per heavy atom. The Labute approximate surface area is 292 Å². The van der Waals surface area contributed by atoms with E-state index >= 15 is 0 Å². The first-order valence-corrected chi connectivity index (χ1v) is 18.3. The molecule has 6 atom stereocenters. The quantitative estimate of drug-likeness (QED) is 0.108. The van der Waals surface area contributed by atoms with Crippen LogP contribution in [0.3, 0.4) is 0 Å². The number of benzene rings is 1. The van der Waals surface area contributed by atoms with Gasteiger partial charge >= 0.3 is 25.7 Å². The van der Waals surface area contributed by atoms with Crippen LogP contribution in [-0.4, -0.2) is 91.8 Å². The molecular formula is C31H39N6O11PS. The lowest BCUT2D eigenvalue weighted by Crippen LogP contribution is -2.43. The van der Waals surface area contributed by atoms with Crippen LogP contribution in [0.2, 0.25) is 0 Å². The van der Waals surface area contributed by atoms with Gasteiger partial charge in [0.05, 0.1) is 30.4 Å². The van der Waals surface area contributed by atoms with Gasteiger partial charge in [-0.15, -0.1) is 11.8 Å². The molecule has 0 aliphatic carbocycles. The van der Waals surface area contributed by atoms with Crippen LogP contribution in [0, 0.1) is 17.2 Å². The maximum atomic E-state index is 14.2. The third kappa shape index (κ3) is 9.10. The Morgan fingerprint density at radius 3 is 2.58 bits per heavy atom. The number of carboxylic acids is 1. The molecular weight excluding hydrogens is 695 g/mol. The average molecular weight is 735 g/mol. The van der Waals surface area contributed by atoms with Crippen molar-refractivity contribution >= 4 is 48.8 Å². The molecule has 0 unspecified atom stereocenters. The van der Waals surface area contributed by atoms with Crippen molar-refractivity contribution in [2.45, 2.75) is 63.6 Å². The molecule has 3 heterocycles. The van der Waals surface area contributed by atoms with E-state index in [9.17, 15) is 29.3 Å². The number of thioether (sulfide) groups is 1. The second-order valence-corrected chi connectivity index (χ2v) is 14.0. The van der Waals surface area contributed by atoms with Crippen molar-refractivity contribution < 1.29 is 52.4 Å². The van der Waals surface area contributed by atoms with E-state index < -0.39 is 73.7 Å². The molecule has 1 aliphatic rings. The van der Waals surface area contributed by atoms with Gasteiger partial charge in [-0.1, -0.05) is 44.9 Å². The first kappa shape index (κ1) is 38.6. The number of nitrogens with two attached hydrogens (primary N) is 1. The number of hydrogen-bond acceptors (Lipinski definition) is 15. The van der Waals surface area contributed by atoms with E-state index in [0.717, 1.165) is 30.9 Å². The highest BCUT2D eigenvalue weighted by atomic mass is 32.2. The molecule has 0 bridgehead atoms. The molecule has 19 heteroatoms. The predicted molar refractivity (Wildman–Crippen MR) is 179 cm³/mol. The van der Waals surface area contributed by atoms with E-state index in [0.29, 0.717) is 5.52 Å². The van der Waals surface area contributed by atoms with Gasteiger partial charge in [0.15, 0.2) is 11.9 Å². The van der Waals surface area contributed by atoms with Crippen molar-refractivity contribution in [2.75, 3.05) is 30.5 Å². The number of rotatable bonds is 18. The van der Waals surface area contributed by atoms with Crippen LogP contribution in [0.4, 0.5) is 5.82 Å². The summed E-state index contributed by atoms with van der Waals surface area (Å²) in [4.78, 5) is 40.6. The van der Waals surface area contributed by atoms with Gasteiger partial charge in [-0.25, -0.2) is 14.1 Å². The number of ether oxygens (including phenoxy) is 3. The Balaban J connectivity index is 1.63. The molecule has 0 spiro atoms. The molecule has 0 saturated carbocycles. The highest BCUT2D eigenvalue weighted by molar-refractivity contribution is 8.00. The molecule has 2 aromatic heterocycles. The molecule has 1 aliphatic heterocycles. The zero-order valence-electron chi connectivity index (χ0n) is 27.5. The monoisotopic (exact) mass is 734 g/mol. The third-order valence-electron chi connectivity index (χ3n) is 7.87. The topological polar surface area (TPSA) is 247 Å². The van der Waals surface area contributed by atoms with Crippen LogP contribution in [0.15, 0.2) is 48.8 Å². The number of aliphatic hydroxyl groups is 1. The fourth-order valence-corrected chi connectivity index (χ4v) is 7.12. The number of nitriles is 1. The lowest BCUT2D eigenvalue weighted by atomic mass is 9.92.